The summed E-state index contributed by atoms with van der Waals surface area (Å²) < 4.78 is 5.74. The zero-order chi connectivity index (χ0) is 17.6. The monoisotopic (exact) mass is 351 g/mol. The van der Waals surface area contributed by atoms with E-state index in [0.717, 1.165) is 11.3 Å². The Bertz CT molecular complexity index is 841. The molecule has 0 aromatic heterocycles. The maximum Gasteiger partial charge on any atom is 0.255 e. The molecule has 0 heterocycles. The Morgan fingerprint density at radius 1 is 0.920 bits per heavy atom. The number of rotatable bonds is 5. The average Bonchev–Trinajstić information content (AvgIpc) is 2.63. The molecule has 0 aliphatic carbocycles. The van der Waals surface area contributed by atoms with Crippen LogP contribution in [-0.2, 0) is 6.61 Å². The Hall–Kier alpha value is -2.78. The number of hydrogen-bond donors (Lipinski definition) is 1. The second kappa shape index (κ2) is 7.86. The number of ether oxygens (including phenoxy) is 1. The summed E-state index contributed by atoms with van der Waals surface area (Å²) in [4.78, 5) is 12.2. The second-order valence-electron chi connectivity index (χ2n) is 5.76. The number of carbonyl (C=O) groups is 1. The van der Waals surface area contributed by atoms with Gasteiger partial charge in [0.05, 0.1) is 0 Å². The van der Waals surface area contributed by atoms with E-state index in [9.17, 15) is 4.79 Å². The fraction of sp³-hybridized carbons (Fsp3) is 0.0952. The normalized spacial score (nSPS) is 10.3. The van der Waals surface area contributed by atoms with Crippen LogP contribution in [-0.4, -0.2) is 5.91 Å². The molecule has 0 spiro atoms. The highest BCUT2D eigenvalue weighted by molar-refractivity contribution is 6.30. The first kappa shape index (κ1) is 17.1. The van der Waals surface area contributed by atoms with E-state index in [4.69, 9.17) is 16.3 Å². The predicted octanol–water partition coefficient (Wildman–Crippen LogP) is 5.48. The van der Waals surface area contributed by atoms with Gasteiger partial charge in [-0.05, 0) is 61.0 Å². The summed E-state index contributed by atoms with van der Waals surface area (Å²) in [6, 6.07) is 22.3. The van der Waals surface area contributed by atoms with Gasteiger partial charge in [0.15, 0.2) is 0 Å². The third-order valence-electron chi connectivity index (χ3n) is 3.74. The lowest BCUT2D eigenvalue weighted by atomic mass is 10.1. The van der Waals surface area contributed by atoms with E-state index in [1.54, 1.807) is 36.4 Å². The molecule has 4 heteroatoms. The lowest BCUT2D eigenvalue weighted by Crippen LogP contribution is -2.11. The molecule has 0 bridgehead atoms. The van der Waals surface area contributed by atoms with Crippen LogP contribution in [0.5, 0.6) is 5.75 Å². The van der Waals surface area contributed by atoms with Crippen LogP contribution in [0.1, 0.15) is 21.5 Å². The molecule has 0 saturated heterocycles. The zero-order valence-electron chi connectivity index (χ0n) is 13.8. The van der Waals surface area contributed by atoms with Gasteiger partial charge < -0.3 is 10.1 Å². The maximum atomic E-state index is 12.2. The Morgan fingerprint density at radius 2 is 1.56 bits per heavy atom. The summed E-state index contributed by atoms with van der Waals surface area (Å²) in [5, 5.41) is 3.47. The van der Waals surface area contributed by atoms with Crippen LogP contribution < -0.4 is 10.1 Å². The molecule has 3 nitrogen and oxygen atoms in total. The Morgan fingerprint density at radius 3 is 2.20 bits per heavy atom. The van der Waals surface area contributed by atoms with Crippen molar-refractivity contribution in [3.05, 3.63) is 94.5 Å². The fourth-order valence-electron chi connectivity index (χ4n) is 2.29. The van der Waals surface area contributed by atoms with E-state index in [1.165, 1.54) is 5.56 Å². The van der Waals surface area contributed by atoms with Gasteiger partial charge >= 0.3 is 0 Å². The van der Waals surface area contributed by atoms with E-state index >= 15 is 0 Å². The Balaban J connectivity index is 1.58. The molecule has 126 valence electrons. The number of amides is 1. The first-order chi connectivity index (χ1) is 12.1. The van der Waals surface area contributed by atoms with E-state index in [0.29, 0.717) is 22.9 Å². The fourth-order valence-corrected chi connectivity index (χ4v) is 2.42. The van der Waals surface area contributed by atoms with Crippen LogP contribution in [0.15, 0.2) is 72.8 Å². The minimum Gasteiger partial charge on any atom is -0.489 e. The van der Waals surface area contributed by atoms with Crippen LogP contribution in [0.4, 0.5) is 5.69 Å². The third kappa shape index (κ3) is 4.85. The first-order valence-electron chi connectivity index (χ1n) is 7.95. The summed E-state index contributed by atoms with van der Waals surface area (Å²) in [5.41, 5.74) is 3.50. The molecule has 0 atom stereocenters. The molecule has 3 rings (SSSR count). The van der Waals surface area contributed by atoms with Crippen molar-refractivity contribution in [3.63, 3.8) is 0 Å². The topological polar surface area (TPSA) is 38.3 Å². The minimum atomic E-state index is -0.159. The van der Waals surface area contributed by atoms with Crippen LogP contribution >= 0.6 is 11.6 Å². The Labute approximate surface area is 152 Å². The number of hydrogen-bond acceptors (Lipinski definition) is 2. The quantitative estimate of drug-likeness (QED) is 0.661. The van der Waals surface area contributed by atoms with Gasteiger partial charge in [0.25, 0.3) is 5.91 Å². The molecule has 0 unspecified atom stereocenters. The predicted molar refractivity (Wildman–Crippen MR) is 101 cm³/mol. The van der Waals surface area contributed by atoms with Crippen LogP contribution in [0.3, 0.4) is 0 Å². The molecule has 3 aromatic carbocycles. The SMILES string of the molecule is Cc1ccc(OCc2ccc(C(=O)Nc3ccc(Cl)cc3)cc2)cc1. The van der Waals surface area contributed by atoms with Gasteiger partial charge in [-0.25, -0.2) is 0 Å². The summed E-state index contributed by atoms with van der Waals surface area (Å²) in [6.45, 7) is 2.50. The van der Waals surface area contributed by atoms with E-state index < -0.39 is 0 Å². The standard InChI is InChI=1S/C21H18ClNO2/c1-15-2-12-20(13-3-15)25-14-16-4-6-17(7-5-16)21(24)23-19-10-8-18(22)9-11-19/h2-13H,14H2,1H3,(H,23,24). The van der Waals surface area contributed by atoms with Crippen molar-refractivity contribution in [2.75, 3.05) is 5.32 Å². The smallest absolute Gasteiger partial charge is 0.255 e. The largest absolute Gasteiger partial charge is 0.489 e. The molecule has 3 aromatic rings. The van der Waals surface area contributed by atoms with Gasteiger partial charge in [0.2, 0.25) is 0 Å². The van der Waals surface area contributed by atoms with Crippen molar-refractivity contribution in [1.82, 2.24) is 0 Å². The number of carbonyl (C=O) groups excluding carboxylic acids is 1. The van der Waals surface area contributed by atoms with Crippen molar-refractivity contribution in [2.24, 2.45) is 0 Å². The number of nitrogens with one attached hydrogen (secondary N) is 1. The number of anilines is 1. The highest BCUT2D eigenvalue weighted by atomic mass is 35.5. The van der Waals surface area contributed by atoms with Crippen LogP contribution in [0, 0.1) is 6.92 Å². The van der Waals surface area contributed by atoms with Crippen molar-refractivity contribution >= 4 is 23.2 Å². The molecular formula is C21H18ClNO2. The highest BCUT2D eigenvalue weighted by Crippen LogP contribution is 2.16. The van der Waals surface area contributed by atoms with Gasteiger partial charge in [0.1, 0.15) is 12.4 Å². The van der Waals surface area contributed by atoms with Gasteiger partial charge in [-0.3, -0.25) is 4.79 Å². The molecule has 0 aliphatic rings. The molecule has 0 radical (unpaired) electrons. The van der Waals surface area contributed by atoms with Gasteiger partial charge in [-0.15, -0.1) is 0 Å². The van der Waals surface area contributed by atoms with E-state index in [2.05, 4.69) is 5.32 Å². The summed E-state index contributed by atoms with van der Waals surface area (Å²) in [5.74, 6) is 0.670. The number of halogens is 1. The highest BCUT2D eigenvalue weighted by Gasteiger charge is 2.06. The Kier molecular flexibility index (Phi) is 5.36. The van der Waals surface area contributed by atoms with Crippen molar-refractivity contribution in [3.8, 4) is 5.75 Å². The van der Waals surface area contributed by atoms with Crippen LogP contribution in [0.25, 0.3) is 0 Å². The zero-order valence-corrected chi connectivity index (χ0v) is 14.6. The van der Waals surface area contributed by atoms with Gasteiger partial charge in [-0.2, -0.15) is 0 Å². The molecular weight excluding hydrogens is 334 g/mol. The first-order valence-corrected chi connectivity index (χ1v) is 8.33. The summed E-state index contributed by atoms with van der Waals surface area (Å²) >= 11 is 5.84. The third-order valence-corrected chi connectivity index (χ3v) is 4.00. The second-order valence-corrected chi connectivity index (χ2v) is 6.20. The van der Waals surface area contributed by atoms with E-state index in [-0.39, 0.29) is 5.91 Å². The molecule has 0 fully saturated rings. The van der Waals surface area contributed by atoms with Gasteiger partial charge in [-0.1, -0.05) is 41.4 Å². The minimum absolute atomic E-state index is 0.159. The van der Waals surface area contributed by atoms with E-state index in [1.807, 2.05) is 43.3 Å². The lowest BCUT2D eigenvalue weighted by molar-refractivity contribution is 0.102. The average molecular weight is 352 g/mol. The van der Waals surface area contributed by atoms with Crippen LogP contribution in [0.2, 0.25) is 5.02 Å². The van der Waals surface area contributed by atoms with Crippen molar-refractivity contribution in [2.45, 2.75) is 13.5 Å². The summed E-state index contributed by atoms with van der Waals surface area (Å²) in [7, 11) is 0. The molecule has 0 saturated carbocycles. The summed E-state index contributed by atoms with van der Waals surface area (Å²) in [6.07, 6.45) is 0. The molecule has 1 N–H and O–H groups in total. The maximum absolute atomic E-state index is 12.2. The molecule has 25 heavy (non-hydrogen) atoms. The number of benzene rings is 3. The van der Waals surface area contributed by atoms with Crippen molar-refractivity contribution < 1.29 is 9.53 Å². The molecule has 1 amide bonds. The molecule has 0 aliphatic heterocycles. The number of aryl methyl sites for hydroxylation is 1. The van der Waals surface area contributed by atoms with Crippen molar-refractivity contribution in [1.29, 1.82) is 0 Å². The van der Waals surface area contributed by atoms with Gasteiger partial charge in [0, 0.05) is 16.3 Å². The lowest BCUT2D eigenvalue weighted by Gasteiger charge is -2.08.